The van der Waals surface area contributed by atoms with Gasteiger partial charge < -0.3 is 15.4 Å². The molecule has 100 valence electrons. The Morgan fingerprint density at radius 3 is 2.42 bits per heavy atom. The molecular weight excluding hydrogens is 236 g/mol. The molecule has 3 heteroatoms. The van der Waals surface area contributed by atoms with Gasteiger partial charge in [0.05, 0.1) is 7.11 Å². The highest BCUT2D eigenvalue weighted by Gasteiger charge is 1.97. The third kappa shape index (κ3) is 3.91. The van der Waals surface area contributed by atoms with Crippen LogP contribution >= 0.6 is 0 Å². The molecule has 19 heavy (non-hydrogen) atoms. The summed E-state index contributed by atoms with van der Waals surface area (Å²) in [6, 6.07) is 16.5. The summed E-state index contributed by atoms with van der Waals surface area (Å²) in [5.74, 6) is 0.913. The fourth-order valence-corrected chi connectivity index (χ4v) is 1.93. The Morgan fingerprint density at radius 2 is 1.74 bits per heavy atom. The van der Waals surface area contributed by atoms with E-state index >= 15 is 0 Å². The van der Waals surface area contributed by atoms with Gasteiger partial charge >= 0.3 is 0 Å². The summed E-state index contributed by atoms with van der Waals surface area (Å²) >= 11 is 0. The molecule has 0 heterocycles. The fourth-order valence-electron chi connectivity index (χ4n) is 1.93. The predicted octanol–water partition coefficient (Wildman–Crippen LogP) is 3.39. The van der Waals surface area contributed by atoms with Crippen molar-refractivity contribution < 1.29 is 4.74 Å². The number of rotatable bonds is 6. The molecule has 0 unspecified atom stereocenters. The van der Waals surface area contributed by atoms with Crippen LogP contribution in [0.15, 0.2) is 48.5 Å². The van der Waals surface area contributed by atoms with Crippen LogP contribution in [-0.2, 0) is 6.42 Å². The molecule has 2 aromatic rings. The Kier molecular flexibility index (Phi) is 4.67. The number of hydrogen-bond acceptors (Lipinski definition) is 3. The molecule has 0 aromatic heterocycles. The Labute approximate surface area is 114 Å². The van der Waals surface area contributed by atoms with Gasteiger partial charge in [0.25, 0.3) is 0 Å². The number of ether oxygens (including phenoxy) is 1. The van der Waals surface area contributed by atoms with Crippen LogP contribution in [0.25, 0.3) is 0 Å². The molecule has 3 nitrogen and oxygen atoms in total. The summed E-state index contributed by atoms with van der Waals surface area (Å²) in [5.41, 5.74) is 3.54. The van der Waals surface area contributed by atoms with Gasteiger partial charge in [-0.2, -0.15) is 0 Å². The minimum atomic E-state index is 0.909. The van der Waals surface area contributed by atoms with E-state index in [4.69, 9.17) is 4.74 Å². The number of anilines is 2. The van der Waals surface area contributed by atoms with Gasteiger partial charge in [0.2, 0.25) is 0 Å². The molecule has 0 amide bonds. The van der Waals surface area contributed by atoms with Crippen LogP contribution in [0.2, 0.25) is 0 Å². The molecule has 0 bridgehead atoms. The summed E-state index contributed by atoms with van der Waals surface area (Å²) in [5, 5.41) is 6.52. The van der Waals surface area contributed by atoms with E-state index < -0.39 is 0 Å². The highest BCUT2D eigenvalue weighted by atomic mass is 16.5. The monoisotopic (exact) mass is 256 g/mol. The van der Waals surface area contributed by atoms with E-state index in [0.29, 0.717) is 0 Å². The highest BCUT2D eigenvalue weighted by Crippen LogP contribution is 2.15. The Balaban J connectivity index is 1.85. The first kappa shape index (κ1) is 13.3. The molecule has 2 rings (SSSR count). The van der Waals surface area contributed by atoms with Gasteiger partial charge in [-0.25, -0.2) is 0 Å². The number of hydrogen-bond donors (Lipinski definition) is 2. The van der Waals surface area contributed by atoms with Crippen LogP contribution in [0.1, 0.15) is 5.56 Å². The van der Waals surface area contributed by atoms with Crippen LogP contribution in [0.3, 0.4) is 0 Å². The Bertz CT molecular complexity index is 508. The average molecular weight is 256 g/mol. The van der Waals surface area contributed by atoms with Crippen molar-refractivity contribution in [2.45, 2.75) is 6.42 Å². The normalized spacial score (nSPS) is 10.0. The Morgan fingerprint density at radius 1 is 1.00 bits per heavy atom. The van der Waals surface area contributed by atoms with Gasteiger partial charge in [0.15, 0.2) is 0 Å². The van der Waals surface area contributed by atoms with Crippen molar-refractivity contribution in [1.82, 2.24) is 0 Å². The van der Waals surface area contributed by atoms with Crippen molar-refractivity contribution in [3.63, 3.8) is 0 Å². The van der Waals surface area contributed by atoms with E-state index in [1.165, 1.54) is 5.56 Å². The Hall–Kier alpha value is -2.16. The van der Waals surface area contributed by atoms with E-state index in [1.807, 2.05) is 19.2 Å². The van der Waals surface area contributed by atoms with E-state index in [9.17, 15) is 0 Å². The lowest BCUT2D eigenvalue weighted by molar-refractivity contribution is 0.414. The molecular formula is C16H20N2O. The van der Waals surface area contributed by atoms with Crippen molar-refractivity contribution >= 4 is 11.4 Å². The van der Waals surface area contributed by atoms with Gasteiger partial charge in [-0.3, -0.25) is 0 Å². The lowest BCUT2D eigenvalue weighted by atomic mass is 10.1. The summed E-state index contributed by atoms with van der Waals surface area (Å²) < 4.78 is 5.22. The molecule has 2 aromatic carbocycles. The number of nitrogens with one attached hydrogen (secondary N) is 2. The first-order chi connectivity index (χ1) is 9.31. The lowest BCUT2D eigenvalue weighted by Gasteiger charge is -2.08. The smallest absolute Gasteiger partial charge is 0.119 e. The second-order valence-corrected chi connectivity index (χ2v) is 4.36. The molecule has 0 spiro atoms. The van der Waals surface area contributed by atoms with E-state index in [-0.39, 0.29) is 0 Å². The van der Waals surface area contributed by atoms with E-state index in [0.717, 1.165) is 30.1 Å². The van der Waals surface area contributed by atoms with Crippen molar-refractivity contribution in [2.75, 3.05) is 31.3 Å². The zero-order valence-corrected chi connectivity index (χ0v) is 11.4. The first-order valence-corrected chi connectivity index (χ1v) is 6.46. The standard InChI is InChI=1S/C16H20N2O/c1-17-14-6-8-15(9-7-14)18-11-10-13-4-3-5-16(12-13)19-2/h3-9,12,17-18H,10-11H2,1-2H3. The second-order valence-electron chi connectivity index (χ2n) is 4.36. The first-order valence-electron chi connectivity index (χ1n) is 6.46. The van der Waals surface area contributed by atoms with Crippen molar-refractivity contribution in [3.05, 3.63) is 54.1 Å². The summed E-state index contributed by atoms with van der Waals surface area (Å²) in [6.45, 7) is 0.909. The minimum Gasteiger partial charge on any atom is -0.497 e. The summed E-state index contributed by atoms with van der Waals surface area (Å²) in [7, 11) is 3.62. The van der Waals surface area contributed by atoms with Crippen LogP contribution in [0.5, 0.6) is 5.75 Å². The topological polar surface area (TPSA) is 33.3 Å². The van der Waals surface area contributed by atoms with Gasteiger partial charge in [-0.15, -0.1) is 0 Å². The van der Waals surface area contributed by atoms with Crippen molar-refractivity contribution in [2.24, 2.45) is 0 Å². The van der Waals surface area contributed by atoms with Crippen LogP contribution in [-0.4, -0.2) is 20.7 Å². The maximum atomic E-state index is 5.22. The zero-order chi connectivity index (χ0) is 13.5. The average Bonchev–Trinajstić information content (AvgIpc) is 2.48. The number of methoxy groups -OCH3 is 1. The molecule has 0 aliphatic heterocycles. The van der Waals surface area contributed by atoms with Crippen LogP contribution in [0.4, 0.5) is 11.4 Å². The van der Waals surface area contributed by atoms with Crippen LogP contribution in [0, 0.1) is 0 Å². The zero-order valence-electron chi connectivity index (χ0n) is 11.4. The lowest BCUT2D eigenvalue weighted by Crippen LogP contribution is -2.04. The highest BCUT2D eigenvalue weighted by molar-refractivity contribution is 5.53. The predicted molar refractivity (Wildman–Crippen MR) is 81.2 cm³/mol. The molecule has 0 fully saturated rings. The quantitative estimate of drug-likeness (QED) is 0.831. The summed E-state index contributed by atoms with van der Waals surface area (Å²) in [4.78, 5) is 0. The van der Waals surface area contributed by atoms with Gasteiger partial charge in [0, 0.05) is 25.0 Å². The van der Waals surface area contributed by atoms with E-state index in [1.54, 1.807) is 7.11 Å². The van der Waals surface area contributed by atoms with Gasteiger partial charge in [-0.05, 0) is 48.4 Å². The molecule has 0 aliphatic rings. The maximum Gasteiger partial charge on any atom is 0.119 e. The minimum absolute atomic E-state index is 0.909. The molecule has 0 saturated carbocycles. The fraction of sp³-hybridized carbons (Fsp3) is 0.250. The second kappa shape index (κ2) is 6.69. The molecule has 2 N–H and O–H groups in total. The van der Waals surface area contributed by atoms with Crippen LogP contribution < -0.4 is 15.4 Å². The molecule has 0 atom stereocenters. The third-order valence-electron chi connectivity index (χ3n) is 3.05. The number of benzene rings is 2. The van der Waals surface area contributed by atoms with Crippen molar-refractivity contribution in [3.8, 4) is 5.75 Å². The molecule has 0 aliphatic carbocycles. The molecule has 0 saturated heterocycles. The van der Waals surface area contributed by atoms with Crippen molar-refractivity contribution in [1.29, 1.82) is 0 Å². The van der Waals surface area contributed by atoms with E-state index in [2.05, 4.69) is 47.0 Å². The van der Waals surface area contributed by atoms with Gasteiger partial charge in [-0.1, -0.05) is 12.1 Å². The SMILES string of the molecule is CNc1ccc(NCCc2cccc(OC)c2)cc1. The summed E-state index contributed by atoms with van der Waals surface area (Å²) in [6.07, 6.45) is 0.977. The maximum absolute atomic E-state index is 5.22. The van der Waals surface area contributed by atoms with Gasteiger partial charge in [0.1, 0.15) is 5.75 Å². The third-order valence-corrected chi connectivity index (χ3v) is 3.05. The largest absolute Gasteiger partial charge is 0.497 e. The molecule has 0 radical (unpaired) electrons.